The summed E-state index contributed by atoms with van der Waals surface area (Å²) in [6.45, 7) is 6.15. The van der Waals surface area contributed by atoms with Crippen molar-refractivity contribution in [1.82, 2.24) is 4.98 Å². The molecule has 0 atom stereocenters. The standard InChI is InChI=1S/C26H28N4O2.HI/c1-30(16-6-12-27-23-19-25(31)32-24-10-5-4-9-22(23)24)17-14-29(15-18-30)26-21-8-3-2-7-20(21)11-13-28-26;/h2-5,7-11,13,19H,6,12,14-18H2,1H3;1H. The van der Waals surface area contributed by atoms with Crippen LogP contribution in [0.1, 0.15) is 6.42 Å². The second-order valence-corrected chi connectivity index (χ2v) is 8.89. The van der Waals surface area contributed by atoms with E-state index in [1.807, 2.05) is 30.5 Å². The van der Waals surface area contributed by atoms with Crippen molar-refractivity contribution in [2.75, 3.05) is 56.5 Å². The smallest absolute Gasteiger partial charge is 0.338 e. The molecule has 2 aromatic heterocycles. The van der Waals surface area contributed by atoms with Crippen LogP contribution in [0, 0.1) is 0 Å². The fourth-order valence-corrected chi connectivity index (χ4v) is 4.68. The number of aromatic nitrogens is 1. The number of hydrogen-bond acceptors (Lipinski definition) is 5. The molecule has 0 radical (unpaired) electrons. The van der Waals surface area contributed by atoms with Gasteiger partial charge in [0.15, 0.2) is 0 Å². The summed E-state index contributed by atoms with van der Waals surface area (Å²) in [6.07, 6.45) is 2.96. The Kier molecular flexibility index (Phi) is 7.19. The van der Waals surface area contributed by atoms with Gasteiger partial charge in [0.1, 0.15) is 11.4 Å². The first-order valence-corrected chi connectivity index (χ1v) is 11.3. The summed E-state index contributed by atoms with van der Waals surface area (Å²) >= 11 is 0. The van der Waals surface area contributed by atoms with Crippen LogP contribution in [-0.4, -0.2) is 55.8 Å². The molecule has 1 saturated heterocycles. The number of benzene rings is 2. The highest BCUT2D eigenvalue weighted by atomic mass is 127. The van der Waals surface area contributed by atoms with E-state index in [9.17, 15) is 4.79 Å². The van der Waals surface area contributed by atoms with Gasteiger partial charge < -0.3 is 43.1 Å². The first-order chi connectivity index (χ1) is 15.6. The lowest BCUT2D eigenvalue weighted by molar-refractivity contribution is -0.910. The molecule has 4 aromatic rings. The van der Waals surface area contributed by atoms with E-state index in [0.29, 0.717) is 5.58 Å². The number of quaternary nitrogens is 1. The van der Waals surface area contributed by atoms with E-state index in [4.69, 9.17) is 9.40 Å². The highest BCUT2D eigenvalue weighted by molar-refractivity contribution is 5.92. The SMILES string of the molecule is C[N+]1(CCCNc2cc(=O)oc3ccccc23)CCN(c2nccc3ccccc23)CC1.[I-]. The molecule has 1 aliphatic heterocycles. The van der Waals surface area contributed by atoms with E-state index in [0.717, 1.165) is 67.1 Å². The summed E-state index contributed by atoms with van der Waals surface area (Å²) in [6, 6.07) is 19.8. The number of fused-ring (bicyclic) bond motifs is 2. The zero-order valence-electron chi connectivity index (χ0n) is 18.8. The van der Waals surface area contributed by atoms with Crippen LogP contribution in [0.5, 0.6) is 0 Å². The molecule has 2 aromatic carbocycles. The lowest BCUT2D eigenvalue weighted by Gasteiger charge is -2.42. The molecule has 0 aliphatic carbocycles. The van der Waals surface area contributed by atoms with Crippen molar-refractivity contribution in [2.45, 2.75) is 6.42 Å². The maximum Gasteiger partial charge on any atom is 0.338 e. The van der Waals surface area contributed by atoms with Crippen molar-refractivity contribution >= 4 is 33.2 Å². The first-order valence-electron chi connectivity index (χ1n) is 11.3. The second-order valence-electron chi connectivity index (χ2n) is 8.89. The minimum absolute atomic E-state index is 0. The zero-order chi connectivity index (χ0) is 22.0. The van der Waals surface area contributed by atoms with E-state index in [1.54, 1.807) is 6.07 Å². The Morgan fingerprint density at radius 2 is 1.76 bits per heavy atom. The number of nitrogens with zero attached hydrogens (tertiary/aromatic N) is 3. The number of likely N-dealkylation sites (N-methyl/N-ethyl adjacent to an activating group) is 1. The van der Waals surface area contributed by atoms with Crippen molar-refractivity contribution < 1.29 is 32.9 Å². The predicted octanol–water partition coefficient (Wildman–Crippen LogP) is 1.11. The normalized spacial score (nSPS) is 15.4. The third kappa shape index (κ3) is 5.14. The Hall–Kier alpha value is -2.65. The molecule has 0 spiro atoms. The van der Waals surface area contributed by atoms with Crippen LogP contribution in [0.3, 0.4) is 0 Å². The molecule has 0 unspecified atom stereocenters. The van der Waals surface area contributed by atoms with Crippen LogP contribution in [0.2, 0.25) is 0 Å². The van der Waals surface area contributed by atoms with Gasteiger partial charge in [0.2, 0.25) is 0 Å². The summed E-state index contributed by atoms with van der Waals surface area (Å²) in [5.74, 6) is 1.10. The van der Waals surface area contributed by atoms with Crippen LogP contribution >= 0.6 is 0 Å². The molecule has 6 nitrogen and oxygen atoms in total. The van der Waals surface area contributed by atoms with E-state index in [-0.39, 0.29) is 29.6 Å². The van der Waals surface area contributed by atoms with Gasteiger partial charge in [0.25, 0.3) is 0 Å². The fourth-order valence-electron chi connectivity index (χ4n) is 4.68. The Morgan fingerprint density at radius 3 is 2.58 bits per heavy atom. The van der Waals surface area contributed by atoms with Gasteiger partial charge >= 0.3 is 5.63 Å². The number of piperazine rings is 1. The molecule has 0 amide bonds. The highest BCUT2D eigenvalue weighted by Crippen LogP contribution is 2.26. The van der Waals surface area contributed by atoms with Crippen molar-refractivity contribution in [3.05, 3.63) is 77.3 Å². The maximum atomic E-state index is 11.8. The van der Waals surface area contributed by atoms with Gasteiger partial charge in [0.05, 0.1) is 45.5 Å². The topological polar surface area (TPSA) is 58.4 Å². The molecule has 1 N–H and O–H groups in total. The van der Waals surface area contributed by atoms with Gasteiger partial charge in [-0.05, 0) is 23.6 Å². The van der Waals surface area contributed by atoms with E-state index >= 15 is 0 Å². The number of pyridine rings is 1. The first kappa shape index (κ1) is 23.5. The predicted molar refractivity (Wildman–Crippen MR) is 130 cm³/mol. The minimum Gasteiger partial charge on any atom is -1.00 e. The average molecular weight is 556 g/mol. The molecule has 3 heterocycles. The zero-order valence-corrected chi connectivity index (χ0v) is 21.0. The van der Waals surface area contributed by atoms with Crippen LogP contribution in [0.4, 0.5) is 11.5 Å². The number of anilines is 2. The molecule has 1 fully saturated rings. The Morgan fingerprint density at radius 1 is 1.03 bits per heavy atom. The summed E-state index contributed by atoms with van der Waals surface area (Å²) in [5.41, 5.74) is 1.16. The summed E-state index contributed by atoms with van der Waals surface area (Å²) < 4.78 is 6.34. The van der Waals surface area contributed by atoms with Gasteiger partial charge in [-0.2, -0.15) is 0 Å². The molecular formula is C26H29IN4O2. The van der Waals surface area contributed by atoms with E-state index < -0.39 is 0 Å². The minimum atomic E-state index is -0.316. The molecule has 5 rings (SSSR count). The molecule has 0 bridgehead atoms. The lowest BCUT2D eigenvalue weighted by Crippen LogP contribution is -3.00. The van der Waals surface area contributed by atoms with Crippen molar-refractivity contribution in [3.8, 4) is 0 Å². The second kappa shape index (κ2) is 10.1. The third-order valence-electron chi connectivity index (χ3n) is 6.61. The average Bonchev–Trinajstić information content (AvgIpc) is 2.82. The summed E-state index contributed by atoms with van der Waals surface area (Å²) in [5, 5.41) is 6.87. The molecule has 0 saturated carbocycles. The quantitative estimate of drug-likeness (QED) is 0.167. The van der Waals surface area contributed by atoms with Crippen molar-refractivity contribution in [2.24, 2.45) is 0 Å². The third-order valence-corrected chi connectivity index (χ3v) is 6.61. The van der Waals surface area contributed by atoms with Gasteiger partial charge in [-0.25, -0.2) is 9.78 Å². The van der Waals surface area contributed by atoms with Gasteiger partial charge in [0, 0.05) is 36.0 Å². The van der Waals surface area contributed by atoms with E-state index in [1.165, 1.54) is 10.8 Å². The molecule has 33 heavy (non-hydrogen) atoms. The van der Waals surface area contributed by atoms with Gasteiger partial charge in [-0.15, -0.1) is 0 Å². The Labute approximate surface area is 210 Å². The van der Waals surface area contributed by atoms with Crippen LogP contribution in [0.15, 0.2) is 76.1 Å². The van der Waals surface area contributed by atoms with Crippen LogP contribution < -0.4 is 39.8 Å². The number of nitrogens with one attached hydrogen (secondary N) is 1. The number of para-hydroxylation sites is 1. The molecule has 172 valence electrons. The molecular weight excluding hydrogens is 527 g/mol. The monoisotopic (exact) mass is 556 g/mol. The summed E-state index contributed by atoms with van der Waals surface area (Å²) in [4.78, 5) is 19.0. The summed E-state index contributed by atoms with van der Waals surface area (Å²) in [7, 11) is 2.35. The lowest BCUT2D eigenvalue weighted by atomic mass is 10.1. The van der Waals surface area contributed by atoms with Crippen molar-refractivity contribution in [3.63, 3.8) is 0 Å². The number of hydrogen-bond donors (Lipinski definition) is 1. The molecule has 1 aliphatic rings. The van der Waals surface area contributed by atoms with Gasteiger partial charge in [-0.1, -0.05) is 36.4 Å². The fraction of sp³-hybridized carbons (Fsp3) is 0.308. The van der Waals surface area contributed by atoms with Crippen molar-refractivity contribution in [1.29, 1.82) is 0 Å². The Bertz CT molecular complexity index is 1290. The van der Waals surface area contributed by atoms with Gasteiger partial charge in [-0.3, -0.25) is 0 Å². The van der Waals surface area contributed by atoms with E-state index in [2.05, 4.69) is 47.6 Å². The maximum absolute atomic E-state index is 11.8. The highest BCUT2D eigenvalue weighted by Gasteiger charge is 2.29. The van der Waals surface area contributed by atoms with Crippen LogP contribution in [-0.2, 0) is 0 Å². The number of halogens is 1. The Balaban J connectivity index is 0.00000259. The van der Waals surface area contributed by atoms with Crippen LogP contribution in [0.25, 0.3) is 21.7 Å². The number of rotatable bonds is 6. The molecule has 7 heteroatoms. The largest absolute Gasteiger partial charge is 1.00 e.